The second-order valence-corrected chi connectivity index (χ2v) is 3.68. The molecule has 1 heterocycles. The maximum atomic E-state index is 10.9. The lowest BCUT2D eigenvalue weighted by Gasteiger charge is -2.16. The Morgan fingerprint density at radius 2 is 2.18 bits per heavy atom. The molecule has 1 amide bonds. The molecule has 0 aromatic carbocycles. The fourth-order valence-electron chi connectivity index (χ4n) is 1.61. The van der Waals surface area contributed by atoms with E-state index in [1.165, 1.54) is 0 Å². The van der Waals surface area contributed by atoms with Gasteiger partial charge in [-0.1, -0.05) is 13.8 Å². The minimum absolute atomic E-state index is 0.230. The van der Waals surface area contributed by atoms with Crippen molar-refractivity contribution >= 4 is 5.91 Å². The van der Waals surface area contributed by atoms with E-state index in [1.54, 1.807) is 0 Å². The first kappa shape index (κ1) is 8.57. The number of amides is 1. The molecule has 1 saturated heterocycles. The molecule has 0 spiro atoms. The first-order valence-electron chi connectivity index (χ1n) is 4.47. The van der Waals surface area contributed by atoms with Gasteiger partial charge in [-0.2, -0.15) is 0 Å². The lowest BCUT2D eigenvalue weighted by atomic mass is 9.89. The minimum atomic E-state index is 0.230. The molecule has 1 aliphatic heterocycles. The van der Waals surface area contributed by atoms with Crippen molar-refractivity contribution in [1.29, 1.82) is 0 Å². The Labute approximate surface area is 68.4 Å². The van der Waals surface area contributed by atoms with E-state index >= 15 is 0 Å². The van der Waals surface area contributed by atoms with Gasteiger partial charge in [0.1, 0.15) is 0 Å². The highest BCUT2D eigenvalue weighted by atomic mass is 16.1. The van der Waals surface area contributed by atoms with E-state index in [0.29, 0.717) is 0 Å². The molecule has 0 saturated carbocycles. The zero-order valence-corrected chi connectivity index (χ0v) is 7.39. The van der Waals surface area contributed by atoms with Crippen LogP contribution in [0, 0.1) is 11.8 Å². The molecule has 1 N–H and O–H groups in total. The van der Waals surface area contributed by atoms with E-state index in [2.05, 4.69) is 19.2 Å². The SMILES string of the molecule is CC(C)[C@H]1CCNC(=O)CC1. The van der Waals surface area contributed by atoms with Crippen molar-refractivity contribution in [2.24, 2.45) is 11.8 Å². The van der Waals surface area contributed by atoms with E-state index in [0.717, 1.165) is 37.6 Å². The fraction of sp³-hybridized carbons (Fsp3) is 0.889. The third kappa shape index (κ3) is 2.52. The fourth-order valence-corrected chi connectivity index (χ4v) is 1.61. The minimum Gasteiger partial charge on any atom is -0.356 e. The Morgan fingerprint density at radius 3 is 2.82 bits per heavy atom. The van der Waals surface area contributed by atoms with Crippen LogP contribution in [0.3, 0.4) is 0 Å². The molecule has 64 valence electrons. The number of nitrogens with one attached hydrogen (secondary N) is 1. The van der Waals surface area contributed by atoms with Crippen LogP contribution in [-0.4, -0.2) is 12.5 Å². The lowest BCUT2D eigenvalue weighted by Crippen LogP contribution is -2.21. The predicted molar refractivity (Wildman–Crippen MR) is 45.2 cm³/mol. The molecule has 0 unspecified atom stereocenters. The van der Waals surface area contributed by atoms with Crippen LogP contribution in [0.1, 0.15) is 33.1 Å². The van der Waals surface area contributed by atoms with Gasteiger partial charge < -0.3 is 5.32 Å². The quantitative estimate of drug-likeness (QED) is 0.611. The predicted octanol–water partition coefficient (Wildman–Crippen LogP) is 1.56. The van der Waals surface area contributed by atoms with Crippen molar-refractivity contribution in [3.8, 4) is 0 Å². The molecule has 1 rings (SSSR count). The van der Waals surface area contributed by atoms with E-state index < -0.39 is 0 Å². The molecule has 0 bridgehead atoms. The summed E-state index contributed by atoms with van der Waals surface area (Å²) in [6.45, 7) is 5.35. The van der Waals surface area contributed by atoms with Gasteiger partial charge in [0.25, 0.3) is 0 Å². The van der Waals surface area contributed by atoms with Crippen molar-refractivity contribution in [2.45, 2.75) is 33.1 Å². The highest BCUT2D eigenvalue weighted by Crippen LogP contribution is 2.21. The molecule has 2 heteroatoms. The summed E-state index contributed by atoms with van der Waals surface area (Å²) < 4.78 is 0. The van der Waals surface area contributed by atoms with Crippen LogP contribution in [0.5, 0.6) is 0 Å². The second kappa shape index (κ2) is 3.74. The molecule has 0 aromatic rings. The molecule has 2 nitrogen and oxygen atoms in total. The Morgan fingerprint density at radius 1 is 1.45 bits per heavy atom. The van der Waals surface area contributed by atoms with E-state index in [4.69, 9.17) is 0 Å². The third-order valence-electron chi connectivity index (χ3n) is 2.52. The summed E-state index contributed by atoms with van der Waals surface area (Å²) >= 11 is 0. The topological polar surface area (TPSA) is 29.1 Å². The van der Waals surface area contributed by atoms with Gasteiger partial charge in [0, 0.05) is 13.0 Å². The van der Waals surface area contributed by atoms with Crippen LogP contribution in [0.15, 0.2) is 0 Å². The Balaban J connectivity index is 2.40. The summed E-state index contributed by atoms with van der Waals surface area (Å²) in [7, 11) is 0. The van der Waals surface area contributed by atoms with Crippen LogP contribution in [0.4, 0.5) is 0 Å². The Hall–Kier alpha value is -0.530. The second-order valence-electron chi connectivity index (χ2n) is 3.68. The summed E-state index contributed by atoms with van der Waals surface area (Å²) in [5.41, 5.74) is 0. The highest BCUT2D eigenvalue weighted by Gasteiger charge is 2.18. The first-order valence-corrected chi connectivity index (χ1v) is 4.47. The zero-order chi connectivity index (χ0) is 8.27. The van der Waals surface area contributed by atoms with E-state index in [9.17, 15) is 4.79 Å². The normalized spacial score (nSPS) is 26.5. The number of carbonyl (C=O) groups is 1. The summed E-state index contributed by atoms with van der Waals surface area (Å²) in [5.74, 6) is 1.70. The van der Waals surface area contributed by atoms with Crippen LogP contribution in [0.2, 0.25) is 0 Å². The number of rotatable bonds is 1. The molecular weight excluding hydrogens is 138 g/mol. The molecule has 0 aromatic heterocycles. The maximum absolute atomic E-state index is 10.9. The highest BCUT2D eigenvalue weighted by molar-refractivity contribution is 5.76. The lowest BCUT2D eigenvalue weighted by molar-refractivity contribution is -0.120. The molecule has 1 aliphatic rings. The third-order valence-corrected chi connectivity index (χ3v) is 2.52. The number of hydrogen-bond acceptors (Lipinski definition) is 1. The summed E-state index contributed by atoms with van der Waals surface area (Å²) in [4.78, 5) is 10.9. The molecule has 0 radical (unpaired) electrons. The van der Waals surface area contributed by atoms with Gasteiger partial charge in [0.15, 0.2) is 0 Å². The first-order chi connectivity index (χ1) is 5.20. The van der Waals surface area contributed by atoms with Gasteiger partial charge in [-0.05, 0) is 24.7 Å². The van der Waals surface area contributed by atoms with Gasteiger partial charge in [0.2, 0.25) is 5.91 Å². The zero-order valence-electron chi connectivity index (χ0n) is 7.39. The van der Waals surface area contributed by atoms with Gasteiger partial charge in [-0.15, -0.1) is 0 Å². The Bertz CT molecular complexity index is 142. The smallest absolute Gasteiger partial charge is 0.220 e. The average Bonchev–Trinajstić information content (AvgIpc) is 2.13. The van der Waals surface area contributed by atoms with Gasteiger partial charge in [-0.3, -0.25) is 4.79 Å². The van der Waals surface area contributed by atoms with Crippen molar-refractivity contribution in [3.63, 3.8) is 0 Å². The largest absolute Gasteiger partial charge is 0.356 e. The number of hydrogen-bond donors (Lipinski definition) is 1. The Kier molecular flexibility index (Phi) is 2.92. The van der Waals surface area contributed by atoms with Gasteiger partial charge >= 0.3 is 0 Å². The maximum Gasteiger partial charge on any atom is 0.220 e. The molecule has 1 fully saturated rings. The molecule has 0 aliphatic carbocycles. The van der Waals surface area contributed by atoms with Crippen molar-refractivity contribution in [2.75, 3.05) is 6.54 Å². The van der Waals surface area contributed by atoms with Crippen molar-refractivity contribution < 1.29 is 4.79 Å². The van der Waals surface area contributed by atoms with E-state index in [-0.39, 0.29) is 5.91 Å². The summed E-state index contributed by atoms with van der Waals surface area (Å²) in [5, 5.41) is 2.89. The van der Waals surface area contributed by atoms with Gasteiger partial charge in [-0.25, -0.2) is 0 Å². The monoisotopic (exact) mass is 155 g/mol. The molecular formula is C9H17NO. The van der Waals surface area contributed by atoms with Crippen molar-refractivity contribution in [1.82, 2.24) is 5.32 Å². The average molecular weight is 155 g/mol. The van der Waals surface area contributed by atoms with Crippen LogP contribution >= 0.6 is 0 Å². The van der Waals surface area contributed by atoms with Crippen LogP contribution < -0.4 is 5.32 Å². The number of carbonyl (C=O) groups excluding carboxylic acids is 1. The van der Waals surface area contributed by atoms with E-state index in [1.807, 2.05) is 0 Å². The van der Waals surface area contributed by atoms with Crippen LogP contribution in [0.25, 0.3) is 0 Å². The standard InChI is InChI=1S/C9H17NO/c1-7(2)8-3-4-9(11)10-6-5-8/h7-8H,3-6H2,1-2H3,(H,10,11)/t8-/m1/s1. The molecule has 1 atom stereocenters. The molecule has 11 heavy (non-hydrogen) atoms. The van der Waals surface area contributed by atoms with Crippen molar-refractivity contribution in [3.05, 3.63) is 0 Å². The summed E-state index contributed by atoms with van der Waals surface area (Å²) in [6, 6.07) is 0. The summed E-state index contributed by atoms with van der Waals surface area (Å²) in [6.07, 6.45) is 2.95. The van der Waals surface area contributed by atoms with Gasteiger partial charge in [0.05, 0.1) is 0 Å². The van der Waals surface area contributed by atoms with Crippen LogP contribution in [-0.2, 0) is 4.79 Å².